The lowest BCUT2D eigenvalue weighted by atomic mass is 9.96. The smallest absolute Gasteiger partial charge is 0.322 e. The molecule has 0 fully saturated rings. The van der Waals surface area contributed by atoms with Gasteiger partial charge in [0.25, 0.3) is 5.91 Å². The number of carbonyl (C=O) groups is 2. The lowest BCUT2D eigenvalue weighted by Gasteiger charge is -2.31. The molecule has 0 aromatic heterocycles. The van der Waals surface area contributed by atoms with Crippen LogP contribution in [0.4, 0.5) is 10.5 Å². The molecule has 26 heavy (non-hydrogen) atoms. The van der Waals surface area contributed by atoms with Gasteiger partial charge in [-0.2, -0.15) is 0 Å². The lowest BCUT2D eigenvalue weighted by molar-refractivity contribution is -0.114. The van der Waals surface area contributed by atoms with E-state index in [1.807, 2.05) is 12.1 Å². The average molecular weight is 388 g/mol. The zero-order chi connectivity index (χ0) is 18.4. The van der Waals surface area contributed by atoms with Crippen molar-refractivity contribution in [3.63, 3.8) is 0 Å². The zero-order valence-electron chi connectivity index (χ0n) is 13.9. The highest BCUT2D eigenvalue weighted by molar-refractivity contribution is 6.31. The molecule has 0 radical (unpaired) electrons. The van der Waals surface area contributed by atoms with E-state index in [2.05, 4.69) is 5.32 Å². The van der Waals surface area contributed by atoms with Crippen molar-refractivity contribution in [3.05, 3.63) is 75.4 Å². The Balaban J connectivity index is 1.75. The Morgan fingerprint density at radius 1 is 0.962 bits per heavy atom. The zero-order valence-corrected chi connectivity index (χ0v) is 15.4. The molecule has 1 N–H and O–H groups in total. The first kappa shape index (κ1) is 16.9. The second-order valence-corrected chi connectivity index (χ2v) is 7.09. The molecule has 3 amide bonds. The molecule has 2 aliphatic rings. The lowest BCUT2D eigenvalue weighted by Crippen LogP contribution is -2.45. The molecule has 5 nitrogen and oxygen atoms in total. The standard InChI is InChI=1S/C19H15Cl2N3O2/c1-23-15-10-24(14-8-6-13(21)7-9-14)18(25)16(15)17(22-19(23)26)11-2-4-12(20)5-3-11/h2-9,17H,10H2,1H3,(H,22,26). The Morgan fingerprint density at radius 2 is 1.54 bits per heavy atom. The quantitative estimate of drug-likeness (QED) is 0.846. The van der Waals surface area contributed by atoms with Crippen molar-refractivity contribution in [2.24, 2.45) is 0 Å². The van der Waals surface area contributed by atoms with Gasteiger partial charge < -0.3 is 10.2 Å². The molecule has 2 heterocycles. The van der Waals surface area contributed by atoms with Crippen molar-refractivity contribution >= 4 is 40.8 Å². The van der Waals surface area contributed by atoms with E-state index in [9.17, 15) is 9.59 Å². The molecule has 0 aliphatic carbocycles. The maximum absolute atomic E-state index is 13.2. The van der Waals surface area contributed by atoms with E-state index in [0.29, 0.717) is 27.9 Å². The second-order valence-electron chi connectivity index (χ2n) is 6.22. The van der Waals surface area contributed by atoms with Crippen LogP contribution in [0.5, 0.6) is 0 Å². The normalized spacial score (nSPS) is 19.7. The molecular weight excluding hydrogens is 373 g/mol. The molecule has 0 saturated carbocycles. The van der Waals surface area contributed by atoms with Crippen LogP contribution < -0.4 is 10.2 Å². The fourth-order valence-corrected chi connectivity index (χ4v) is 3.55. The van der Waals surface area contributed by atoms with Gasteiger partial charge in [0, 0.05) is 22.8 Å². The molecule has 2 aliphatic heterocycles. The summed E-state index contributed by atoms with van der Waals surface area (Å²) in [6.07, 6.45) is 0. The molecule has 0 saturated heterocycles. The summed E-state index contributed by atoms with van der Waals surface area (Å²) < 4.78 is 0. The Labute approximate surface area is 160 Å². The van der Waals surface area contributed by atoms with Gasteiger partial charge in [-0.25, -0.2) is 4.79 Å². The summed E-state index contributed by atoms with van der Waals surface area (Å²) in [5.41, 5.74) is 2.83. The van der Waals surface area contributed by atoms with Crippen LogP contribution in [0, 0.1) is 0 Å². The van der Waals surface area contributed by atoms with Crippen molar-refractivity contribution in [3.8, 4) is 0 Å². The van der Waals surface area contributed by atoms with E-state index in [4.69, 9.17) is 23.2 Å². The van der Waals surface area contributed by atoms with Gasteiger partial charge in [0.15, 0.2) is 0 Å². The molecule has 2 aromatic rings. The average Bonchev–Trinajstić information content (AvgIpc) is 2.97. The number of anilines is 1. The number of rotatable bonds is 2. The summed E-state index contributed by atoms with van der Waals surface area (Å²) in [5.74, 6) is -0.130. The van der Waals surface area contributed by atoms with Gasteiger partial charge in [0.1, 0.15) is 0 Å². The Bertz CT molecular complexity index is 923. The van der Waals surface area contributed by atoms with Crippen molar-refractivity contribution in [2.45, 2.75) is 6.04 Å². The minimum atomic E-state index is -0.504. The van der Waals surface area contributed by atoms with Crippen molar-refractivity contribution in [2.75, 3.05) is 18.5 Å². The number of hydrogen-bond acceptors (Lipinski definition) is 2. The highest BCUT2D eigenvalue weighted by atomic mass is 35.5. The minimum Gasteiger partial charge on any atom is -0.327 e. The van der Waals surface area contributed by atoms with Crippen molar-refractivity contribution in [1.82, 2.24) is 10.2 Å². The molecule has 132 valence electrons. The third-order valence-corrected chi connectivity index (χ3v) is 5.21. The van der Waals surface area contributed by atoms with E-state index < -0.39 is 6.04 Å². The molecule has 7 heteroatoms. The number of nitrogens with one attached hydrogen (secondary N) is 1. The van der Waals surface area contributed by atoms with Gasteiger partial charge in [0.05, 0.1) is 23.9 Å². The van der Waals surface area contributed by atoms with E-state index in [0.717, 1.165) is 11.3 Å². The third kappa shape index (κ3) is 2.73. The van der Waals surface area contributed by atoms with Crippen LogP contribution in [-0.2, 0) is 4.79 Å². The largest absolute Gasteiger partial charge is 0.327 e. The highest BCUT2D eigenvalue weighted by Crippen LogP contribution is 2.37. The molecular formula is C19H15Cl2N3O2. The van der Waals surface area contributed by atoms with Gasteiger partial charge >= 0.3 is 6.03 Å². The topological polar surface area (TPSA) is 52.7 Å². The highest BCUT2D eigenvalue weighted by Gasteiger charge is 2.43. The minimum absolute atomic E-state index is 0.130. The summed E-state index contributed by atoms with van der Waals surface area (Å²) >= 11 is 11.9. The maximum atomic E-state index is 13.2. The Kier molecular flexibility index (Phi) is 4.13. The fourth-order valence-electron chi connectivity index (χ4n) is 3.30. The fraction of sp³-hybridized carbons (Fsp3) is 0.158. The van der Waals surface area contributed by atoms with Crippen LogP contribution in [0.15, 0.2) is 59.8 Å². The summed E-state index contributed by atoms with van der Waals surface area (Å²) in [5, 5.41) is 4.10. The van der Waals surface area contributed by atoms with Gasteiger partial charge in [0.2, 0.25) is 0 Å². The van der Waals surface area contributed by atoms with Crippen LogP contribution in [0.2, 0.25) is 10.0 Å². The Hall–Kier alpha value is -2.50. The second kappa shape index (κ2) is 6.34. The molecule has 1 unspecified atom stereocenters. The van der Waals surface area contributed by atoms with E-state index in [-0.39, 0.29) is 11.9 Å². The van der Waals surface area contributed by atoms with E-state index in [1.54, 1.807) is 48.3 Å². The number of amides is 3. The molecule has 2 aromatic carbocycles. The van der Waals surface area contributed by atoms with Crippen LogP contribution >= 0.6 is 23.2 Å². The van der Waals surface area contributed by atoms with Gasteiger partial charge in [-0.1, -0.05) is 35.3 Å². The number of nitrogens with zero attached hydrogens (tertiary/aromatic N) is 2. The summed E-state index contributed by atoms with van der Waals surface area (Å²) in [6, 6.07) is 13.5. The first-order valence-corrected chi connectivity index (χ1v) is 8.81. The van der Waals surface area contributed by atoms with E-state index >= 15 is 0 Å². The monoisotopic (exact) mass is 387 g/mol. The summed E-state index contributed by atoms with van der Waals surface area (Å²) in [4.78, 5) is 28.7. The summed E-state index contributed by atoms with van der Waals surface area (Å²) in [6.45, 7) is 0.337. The van der Waals surface area contributed by atoms with E-state index in [1.165, 1.54) is 4.90 Å². The summed E-state index contributed by atoms with van der Waals surface area (Å²) in [7, 11) is 1.67. The number of likely N-dealkylation sites (N-methyl/N-ethyl adjacent to an activating group) is 1. The van der Waals surface area contributed by atoms with Crippen molar-refractivity contribution in [1.29, 1.82) is 0 Å². The van der Waals surface area contributed by atoms with Gasteiger partial charge in [-0.05, 0) is 42.0 Å². The predicted molar refractivity (Wildman–Crippen MR) is 101 cm³/mol. The van der Waals surface area contributed by atoms with Crippen LogP contribution in [-0.4, -0.2) is 30.4 Å². The van der Waals surface area contributed by atoms with Gasteiger partial charge in [-0.3, -0.25) is 9.69 Å². The maximum Gasteiger partial charge on any atom is 0.322 e. The van der Waals surface area contributed by atoms with Crippen LogP contribution in [0.1, 0.15) is 11.6 Å². The first-order valence-electron chi connectivity index (χ1n) is 8.06. The number of hydrogen-bond donors (Lipinski definition) is 1. The number of urea groups is 1. The number of benzene rings is 2. The molecule has 4 rings (SSSR count). The first-order chi connectivity index (χ1) is 12.5. The predicted octanol–water partition coefficient (Wildman–Crippen LogP) is 3.99. The SMILES string of the molecule is CN1C(=O)NC(c2ccc(Cl)cc2)C2=C1CN(c1ccc(Cl)cc1)C2=O. The number of carbonyl (C=O) groups excluding carboxylic acids is 2. The number of halogens is 2. The van der Waals surface area contributed by atoms with Gasteiger partial charge in [-0.15, -0.1) is 0 Å². The molecule has 0 spiro atoms. The van der Waals surface area contributed by atoms with Crippen LogP contribution in [0.25, 0.3) is 0 Å². The van der Waals surface area contributed by atoms with Crippen molar-refractivity contribution < 1.29 is 9.59 Å². The van der Waals surface area contributed by atoms with Crippen LogP contribution in [0.3, 0.4) is 0 Å². The molecule has 0 bridgehead atoms. The molecule has 1 atom stereocenters. The Morgan fingerprint density at radius 3 is 2.15 bits per heavy atom. The third-order valence-electron chi connectivity index (χ3n) is 4.70.